The van der Waals surface area contributed by atoms with Crippen molar-refractivity contribution in [1.82, 2.24) is 9.80 Å². The van der Waals surface area contributed by atoms with Gasteiger partial charge in [-0.3, -0.25) is 9.69 Å². The van der Waals surface area contributed by atoms with E-state index in [0.717, 1.165) is 37.1 Å². The molecule has 100 valence electrons. The Morgan fingerprint density at radius 3 is 2.74 bits per heavy atom. The summed E-state index contributed by atoms with van der Waals surface area (Å²) in [5.41, 5.74) is 0.888. The highest BCUT2D eigenvalue weighted by Crippen LogP contribution is 2.26. The average molecular weight is 274 g/mol. The first-order valence-corrected chi connectivity index (χ1v) is 7.52. The summed E-state index contributed by atoms with van der Waals surface area (Å²) in [5.74, 6) is 0.252. The van der Waals surface area contributed by atoms with Crippen LogP contribution in [0.1, 0.15) is 10.4 Å². The molecule has 0 spiro atoms. The molecule has 1 fully saturated rings. The van der Waals surface area contributed by atoms with E-state index in [1.165, 1.54) is 4.70 Å². The lowest BCUT2D eigenvalue weighted by Gasteiger charge is -2.31. The number of ketones is 1. The maximum Gasteiger partial charge on any atom is 0.178 e. The van der Waals surface area contributed by atoms with Gasteiger partial charge < -0.3 is 4.90 Å². The Labute approximate surface area is 117 Å². The number of fused-ring (bicyclic) bond motifs is 1. The molecular formula is C15H18N2OS. The van der Waals surface area contributed by atoms with Crippen LogP contribution in [0.25, 0.3) is 10.1 Å². The number of hydrogen-bond donors (Lipinski definition) is 0. The molecule has 4 heteroatoms. The van der Waals surface area contributed by atoms with E-state index in [0.29, 0.717) is 6.54 Å². The largest absolute Gasteiger partial charge is 0.304 e. The van der Waals surface area contributed by atoms with Crippen LogP contribution in [-0.2, 0) is 0 Å². The molecule has 3 rings (SSSR count). The first-order chi connectivity index (χ1) is 9.24. The zero-order valence-corrected chi connectivity index (χ0v) is 11.9. The first-order valence-electron chi connectivity index (χ1n) is 6.64. The summed E-state index contributed by atoms with van der Waals surface area (Å²) in [7, 11) is 2.13. The molecule has 2 aromatic rings. The molecule has 1 aromatic carbocycles. The number of hydrogen-bond acceptors (Lipinski definition) is 4. The van der Waals surface area contributed by atoms with Gasteiger partial charge >= 0.3 is 0 Å². The molecule has 3 nitrogen and oxygen atoms in total. The second-order valence-electron chi connectivity index (χ2n) is 5.15. The van der Waals surface area contributed by atoms with Crippen LogP contribution >= 0.6 is 11.3 Å². The molecule has 0 atom stereocenters. The fourth-order valence-corrected chi connectivity index (χ4v) is 3.45. The summed E-state index contributed by atoms with van der Waals surface area (Å²) >= 11 is 1.66. The molecule has 19 heavy (non-hydrogen) atoms. The van der Waals surface area contributed by atoms with Crippen molar-refractivity contribution >= 4 is 27.2 Å². The second kappa shape index (κ2) is 5.41. The third-order valence-electron chi connectivity index (χ3n) is 3.74. The smallest absolute Gasteiger partial charge is 0.178 e. The van der Waals surface area contributed by atoms with Crippen molar-refractivity contribution in [2.75, 3.05) is 39.8 Å². The van der Waals surface area contributed by atoms with E-state index in [9.17, 15) is 4.79 Å². The minimum absolute atomic E-state index is 0.252. The van der Waals surface area contributed by atoms with Gasteiger partial charge in [0.15, 0.2) is 5.78 Å². The zero-order chi connectivity index (χ0) is 13.2. The van der Waals surface area contributed by atoms with E-state index in [-0.39, 0.29) is 5.78 Å². The summed E-state index contributed by atoms with van der Waals surface area (Å²) < 4.78 is 1.20. The van der Waals surface area contributed by atoms with Gasteiger partial charge in [0.25, 0.3) is 0 Å². The maximum absolute atomic E-state index is 12.4. The van der Waals surface area contributed by atoms with E-state index in [4.69, 9.17) is 0 Å². The molecule has 0 unspecified atom stereocenters. The summed E-state index contributed by atoms with van der Waals surface area (Å²) in [4.78, 5) is 17.0. The molecule has 2 heterocycles. The Morgan fingerprint density at radius 1 is 1.21 bits per heavy atom. The first kappa shape index (κ1) is 12.8. The minimum atomic E-state index is 0.252. The van der Waals surface area contributed by atoms with E-state index in [1.807, 2.05) is 23.6 Å². The number of rotatable bonds is 3. The van der Waals surface area contributed by atoms with Crippen molar-refractivity contribution < 1.29 is 4.79 Å². The Kier molecular flexibility index (Phi) is 3.64. The van der Waals surface area contributed by atoms with Crippen LogP contribution in [0, 0.1) is 0 Å². The molecule has 1 aromatic heterocycles. The second-order valence-corrected chi connectivity index (χ2v) is 6.06. The van der Waals surface area contributed by atoms with Gasteiger partial charge in [-0.2, -0.15) is 0 Å². The highest BCUT2D eigenvalue weighted by molar-refractivity contribution is 7.17. The number of likely N-dealkylation sites (N-methyl/N-ethyl adjacent to an activating group) is 1. The zero-order valence-electron chi connectivity index (χ0n) is 11.1. The molecule has 1 saturated heterocycles. The highest BCUT2D eigenvalue weighted by atomic mass is 32.1. The van der Waals surface area contributed by atoms with Gasteiger partial charge in [-0.15, -0.1) is 11.3 Å². The minimum Gasteiger partial charge on any atom is -0.304 e. The van der Waals surface area contributed by atoms with Gasteiger partial charge in [0.05, 0.1) is 6.54 Å². The lowest BCUT2D eigenvalue weighted by Crippen LogP contribution is -2.46. The molecule has 1 aliphatic heterocycles. The standard InChI is InChI=1S/C15H18N2OS/c1-16-6-8-17(9-7-16)10-14(18)13-11-19-15-5-3-2-4-12(13)15/h2-5,11H,6-10H2,1H3. The fraction of sp³-hybridized carbons (Fsp3) is 0.400. The van der Waals surface area contributed by atoms with E-state index >= 15 is 0 Å². The highest BCUT2D eigenvalue weighted by Gasteiger charge is 2.19. The van der Waals surface area contributed by atoms with Gasteiger partial charge in [0, 0.05) is 47.2 Å². The molecule has 1 aliphatic rings. The normalized spacial score (nSPS) is 17.9. The van der Waals surface area contributed by atoms with Crippen molar-refractivity contribution in [3.05, 3.63) is 35.2 Å². The molecule has 0 bridgehead atoms. The fourth-order valence-electron chi connectivity index (χ4n) is 2.49. The Bertz CT molecular complexity index is 585. The quantitative estimate of drug-likeness (QED) is 0.803. The van der Waals surface area contributed by atoms with Crippen LogP contribution < -0.4 is 0 Å². The lowest BCUT2D eigenvalue weighted by molar-refractivity contribution is 0.0878. The molecule has 0 radical (unpaired) electrons. The molecular weight excluding hydrogens is 256 g/mol. The summed E-state index contributed by atoms with van der Waals surface area (Å²) in [5, 5.41) is 3.11. The summed E-state index contributed by atoms with van der Waals surface area (Å²) in [6.07, 6.45) is 0. The van der Waals surface area contributed by atoms with E-state index in [2.05, 4.69) is 22.9 Å². The topological polar surface area (TPSA) is 23.6 Å². The summed E-state index contributed by atoms with van der Waals surface area (Å²) in [6.45, 7) is 4.64. The molecule has 0 amide bonds. The van der Waals surface area contributed by atoms with Gasteiger partial charge in [-0.05, 0) is 13.1 Å². The molecule has 0 N–H and O–H groups in total. The third-order valence-corrected chi connectivity index (χ3v) is 4.71. The molecule has 0 saturated carbocycles. The van der Waals surface area contributed by atoms with Gasteiger partial charge in [0.2, 0.25) is 0 Å². The maximum atomic E-state index is 12.4. The number of thiophene rings is 1. The van der Waals surface area contributed by atoms with Gasteiger partial charge in [0.1, 0.15) is 0 Å². The van der Waals surface area contributed by atoms with Crippen molar-refractivity contribution in [3.63, 3.8) is 0 Å². The van der Waals surface area contributed by atoms with Crippen LogP contribution in [0.15, 0.2) is 29.6 Å². The number of Topliss-reactive ketones (excluding diaryl/α,β-unsaturated/α-hetero) is 1. The predicted octanol–water partition coefficient (Wildman–Crippen LogP) is 2.33. The Balaban J connectivity index is 1.73. The van der Waals surface area contributed by atoms with E-state index in [1.54, 1.807) is 11.3 Å². The SMILES string of the molecule is CN1CCN(CC(=O)c2csc3ccccc23)CC1. The monoisotopic (exact) mass is 274 g/mol. The number of carbonyl (C=O) groups excluding carboxylic acids is 1. The van der Waals surface area contributed by atoms with Crippen LogP contribution in [0.4, 0.5) is 0 Å². The average Bonchev–Trinajstić information content (AvgIpc) is 2.85. The van der Waals surface area contributed by atoms with Crippen molar-refractivity contribution in [2.45, 2.75) is 0 Å². The van der Waals surface area contributed by atoms with Crippen LogP contribution in [0.3, 0.4) is 0 Å². The van der Waals surface area contributed by atoms with Crippen LogP contribution in [0.2, 0.25) is 0 Å². The van der Waals surface area contributed by atoms with Gasteiger partial charge in [-0.1, -0.05) is 18.2 Å². The lowest BCUT2D eigenvalue weighted by atomic mass is 10.1. The van der Waals surface area contributed by atoms with Crippen LogP contribution in [0.5, 0.6) is 0 Å². The van der Waals surface area contributed by atoms with Crippen molar-refractivity contribution in [1.29, 1.82) is 0 Å². The van der Waals surface area contributed by atoms with Crippen molar-refractivity contribution in [3.8, 4) is 0 Å². The number of piperazine rings is 1. The summed E-state index contributed by atoms with van der Waals surface area (Å²) in [6, 6.07) is 8.14. The Morgan fingerprint density at radius 2 is 1.95 bits per heavy atom. The number of carbonyl (C=O) groups is 1. The number of nitrogens with zero attached hydrogens (tertiary/aromatic N) is 2. The van der Waals surface area contributed by atoms with Gasteiger partial charge in [-0.25, -0.2) is 0 Å². The molecule has 0 aliphatic carbocycles. The third kappa shape index (κ3) is 2.71. The van der Waals surface area contributed by atoms with Crippen LogP contribution in [-0.4, -0.2) is 55.4 Å². The van der Waals surface area contributed by atoms with E-state index < -0.39 is 0 Å². The Hall–Kier alpha value is -1.23. The predicted molar refractivity (Wildman–Crippen MR) is 80.1 cm³/mol. The number of benzene rings is 1. The van der Waals surface area contributed by atoms with Crippen molar-refractivity contribution in [2.24, 2.45) is 0 Å².